The van der Waals surface area contributed by atoms with Gasteiger partial charge in [-0.1, -0.05) is 19.3 Å². The van der Waals surface area contributed by atoms with E-state index in [0.717, 1.165) is 12.2 Å². The zero-order valence-corrected chi connectivity index (χ0v) is 12.6. The van der Waals surface area contributed by atoms with Gasteiger partial charge in [0.05, 0.1) is 12.1 Å². The molecule has 3 N–H and O–H groups in total. The Morgan fingerprint density at radius 1 is 1.40 bits per heavy atom. The molecule has 4 heteroatoms. The van der Waals surface area contributed by atoms with Gasteiger partial charge in [0.25, 0.3) is 0 Å². The van der Waals surface area contributed by atoms with Crippen molar-refractivity contribution in [2.75, 3.05) is 6.61 Å². The summed E-state index contributed by atoms with van der Waals surface area (Å²) in [6.07, 6.45) is 10.3. The summed E-state index contributed by atoms with van der Waals surface area (Å²) in [5.74, 6) is 6.44. The standard InChI is InChI=1S/C16H27N3O/c1-3-20-16(13-7-5-4-6-8-13)15(19-17)14-11-18-10-9-12(14)2/h9-11,13,15-16,19H,3-8,17H2,1-2H3. The van der Waals surface area contributed by atoms with Crippen LogP contribution in [0, 0.1) is 12.8 Å². The highest BCUT2D eigenvalue weighted by atomic mass is 16.5. The maximum absolute atomic E-state index is 6.07. The van der Waals surface area contributed by atoms with Crippen LogP contribution in [0.3, 0.4) is 0 Å². The molecule has 0 radical (unpaired) electrons. The highest BCUT2D eigenvalue weighted by Crippen LogP contribution is 2.34. The Morgan fingerprint density at radius 3 is 2.75 bits per heavy atom. The number of hydrazine groups is 1. The minimum Gasteiger partial charge on any atom is -0.376 e. The van der Waals surface area contributed by atoms with Crippen molar-refractivity contribution in [3.05, 3.63) is 29.6 Å². The van der Waals surface area contributed by atoms with Gasteiger partial charge in [0.1, 0.15) is 0 Å². The number of nitrogens with zero attached hydrogens (tertiary/aromatic N) is 1. The second kappa shape index (κ2) is 7.72. The molecular formula is C16H27N3O. The highest BCUT2D eigenvalue weighted by Gasteiger charge is 2.32. The Kier molecular flexibility index (Phi) is 5.95. The fourth-order valence-corrected chi connectivity index (χ4v) is 3.32. The number of aromatic nitrogens is 1. The van der Waals surface area contributed by atoms with Gasteiger partial charge in [-0.2, -0.15) is 0 Å². The largest absolute Gasteiger partial charge is 0.376 e. The van der Waals surface area contributed by atoms with Crippen molar-refractivity contribution in [2.45, 2.75) is 58.1 Å². The third-order valence-corrected chi connectivity index (χ3v) is 4.40. The predicted molar refractivity (Wildman–Crippen MR) is 81.0 cm³/mol. The lowest BCUT2D eigenvalue weighted by molar-refractivity contribution is -0.0186. The van der Waals surface area contributed by atoms with E-state index >= 15 is 0 Å². The third kappa shape index (κ3) is 3.57. The van der Waals surface area contributed by atoms with Gasteiger partial charge in [0.2, 0.25) is 0 Å². The molecule has 0 saturated heterocycles. The zero-order chi connectivity index (χ0) is 14.4. The smallest absolute Gasteiger partial charge is 0.0811 e. The molecule has 0 aliphatic heterocycles. The monoisotopic (exact) mass is 277 g/mol. The van der Waals surface area contributed by atoms with E-state index in [1.54, 1.807) is 0 Å². The van der Waals surface area contributed by atoms with Gasteiger partial charge < -0.3 is 4.74 Å². The molecule has 0 bridgehead atoms. The van der Waals surface area contributed by atoms with Crippen LogP contribution in [0.1, 0.15) is 56.2 Å². The molecule has 1 heterocycles. The first kappa shape index (κ1) is 15.4. The molecule has 20 heavy (non-hydrogen) atoms. The van der Waals surface area contributed by atoms with Gasteiger partial charge in [0.15, 0.2) is 0 Å². The van der Waals surface area contributed by atoms with Crippen LogP contribution in [-0.2, 0) is 4.74 Å². The van der Waals surface area contributed by atoms with Gasteiger partial charge in [0, 0.05) is 19.0 Å². The van der Waals surface area contributed by atoms with Crippen LogP contribution >= 0.6 is 0 Å². The Labute approximate surface area is 122 Å². The number of nitrogens with two attached hydrogens (primary N) is 1. The van der Waals surface area contributed by atoms with E-state index in [4.69, 9.17) is 10.6 Å². The summed E-state index contributed by atoms with van der Waals surface area (Å²) >= 11 is 0. The first-order chi connectivity index (χ1) is 9.77. The summed E-state index contributed by atoms with van der Waals surface area (Å²) in [4.78, 5) is 4.25. The molecule has 1 aliphatic rings. The Bertz CT molecular complexity index is 404. The van der Waals surface area contributed by atoms with E-state index in [0.29, 0.717) is 5.92 Å². The van der Waals surface area contributed by atoms with Crippen LogP contribution in [-0.4, -0.2) is 17.7 Å². The predicted octanol–water partition coefficient (Wildman–Crippen LogP) is 2.88. The van der Waals surface area contributed by atoms with Crippen LogP contribution in [0.15, 0.2) is 18.5 Å². The van der Waals surface area contributed by atoms with Crippen molar-refractivity contribution < 1.29 is 4.74 Å². The molecule has 1 saturated carbocycles. The highest BCUT2D eigenvalue weighted by molar-refractivity contribution is 5.26. The van der Waals surface area contributed by atoms with E-state index in [2.05, 4.69) is 24.3 Å². The number of aryl methyl sites for hydroxylation is 1. The normalized spacial score (nSPS) is 19.8. The minimum atomic E-state index is 0.0201. The lowest BCUT2D eigenvalue weighted by Gasteiger charge is -2.35. The average Bonchev–Trinajstić information content (AvgIpc) is 2.50. The average molecular weight is 277 g/mol. The molecule has 1 aliphatic carbocycles. The van der Waals surface area contributed by atoms with E-state index in [1.807, 2.05) is 18.5 Å². The summed E-state index contributed by atoms with van der Waals surface area (Å²) in [5, 5.41) is 0. The van der Waals surface area contributed by atoms with E-state index in [9.17, 15) is 0 Å². The van der Waals surface area contributed by atoms with Crippen LogP contribution in [0.25, 0.3) is 0 Å². The molecule has 0 aromatic carbocycles. The van der Waals surface area contributed by atoms with Crippen molar-refractivity contribution in [3.63, 3.8) is 0 Å². The second-order valence-electron chi connectivity index (χ2n) is 5.69. The summed E-state index contributed by atoms with van der Waals surface area (Å²) in [5.41, 5.74) is 5.34. The van der Waals surface area contributed by atoms with E-state index < -0.39 is 0 Å². The summed E-state index contributed by atoms with van der Waals surface area (Å²) < 4.78 is 6.07. The van der Waals surface area contributed by atoms with Crippen molar-refractivity contribution >= 4 is 0 Å². The summed E-state index contributed by atoms with van der Waals surface area (Å²) in [6, 6.07) is 2.05. The van der Waals surface area contributed by atoms with Crippen LogP contribution in [0.2, 0.25) is 0 Å². The molecule has 112 valence electrons. The number of hydrogen-bond donors (Lipinski definition) is 2. The third-order valence-electron chi connectivity index (χ3n) is 4.40. The van der Waals surface area contributed by atoms with Crippen molar-refractivity contribution in [1.82, 2.24) is 10.4 Å². The second-order valence-corrected chi connectivity index (χ2v) is 5.69. The zero-order valence-electron chi connectivity index (χ0n) is 12.6. The van der Waals surface area contributed by atoms with Gasteiger partial charge in [-0.05, 0) is 49.8 Å². The molecule has 2 rings (SSSR count). The number of pyridine rings is 1. The first-order valence-corrected chi connectivity index (χ1v) is 7.76. The van der Waals surface area contributed by atoms with Crippen molar-refractivity contribution in [3.8, 4) is 0 Å². The van der Waals surface area contributed by atoms with E-state index in [-0.39, 0.29) is 12.1 Å². The lowest BCUT2D eigenvalue weighted by atomic mass is 9.80. The summed E-state index contributed by atoms with van der Waals surface area (Å²) in [7, 11) is 0. The quantitative estimate of drug-likeness (QED) is 0.620. The fraction of sp³-hybridized carbons (Fsp3) is 0.688. The number of hydrogen-bond acceptors (Lipinski definition) is 4. The van der Waals surface area contributed by atoms with Gasteiger partial charge in [-0.15, -0.1) is 0 Å². The molecule has 0 amide bonds. The molecule has 1 aromatic rings. The molecule has 1 aromatic heterocycles. The SMILES string of the molecule is CCOC(C1CCCCC1)C(NN)c1cnccc1C. The minimum absolute atomic E-state index is 0.0201. The lowest BCUT2D eigenvalue weighted by Crippen LogP contribution is -2.43. The Balaban J connectivity index is 2.22. The van der Waals surface area contributed by atoms with Gasteiger partial charge in [-0.25, -0.2) is 0 Å². The molecule has 2 atom stereocenters. The van der Waals surface area contributed by atoms with Crippen LogP contribution < -0.4 is 11.3 Å². The molecule has 1 fully saturated rings. The molecular weight excluding hydrogens is 250 g/mol. The van der Waals surface area contributed by atoms with Crippen LogP contribution in [0.4, 0.5) is 0 Å². The maximum Gasteiger partial charge on any atom is 0.0811 e. The Morgan fingerprint density at radius 2 is 2.15 bits per heavy atom. The van der Waals surface area contributed by atoms with Crippen LogP contribution in [0.5, 0.6) is 0 Å². The van der Waals surface area contributed by atoms with Gasteiger partial charge in [-0.3, -0.25) is 16.3 Å². The number of rotatable bonds is 6. The molecule has 4 nitrogen and oxygen atoms in total. The van der Waals surface area contributed by atoms with Crippen molar-refractivity contribution in [2.24, 2.45) is 11.8 Å². The Hall–Kier alpha value is -0.970. The van der Waals surface area contributed by atoms with E-state index in [1.165, 1.54) is 37.7 Å². The van der Waals surface area contributed by atoms with Gasteiger partial charge >= 0.3 is 0 Å². The number of nitrogens with one attached hydrogen (secondary N) is 1. The fourth-order valence-electron chi connectivity index (χ4n) is 3.32. The molecule has 2 unspecified atom stereocenters. The van der Waals surface area contributed by atoms with Crippen molar-refractivity contribution in [1.29, 1.82) is 0 Å². The maximum atomic E-state index is 6.07. The topological polar surface area (TPSA) is 60.2 Å². The molecule has 0 spiro atoms. The first-order valence-electron chi connectivity index (χ1n) is 7.76. The summed E-state index contributed by atoms with van der Waals surface area (Å²) in [6.45, 7) is 4.88. The number of ether oxygens (including phenoxy) is 1.